The first-order chi connectivity index (χ1) is 12.7. The van der Waals surface area contributed by atoms with E-state index >= 15 is 0 Å². The second kappa shape index (κ2) is 8.72. The monoisotopic (exact) mass is 354 g/mol. The van der Waals surface area contributed by atoms with E-state index in [1.807, 2.05) is 53.4 Å². The van der Waals surface area contributed by atoms with Gasteiger partial charge in [-0.2, -0.15) is 0 Å². The van der Waals surface area contributed by atoms with E-state index < -0.39 is 0 Å². The van der Waals surface area contributed by atoms with Crippen molar-refractivity contribution in [2.24, 2.45) is 0 Å². The Kier molecular flexibility index (Phi) is 6.12. The maximum absolute atomic E-state index is 13.0. The van der Waals surface area contributed by atoms with Gasteiger partial charge in [0.1, 0.15) is 11.9 Å². The van der Waals surface area contributed by atoms with Gasteiger partial charge < -0.3 is 19.7 Å². The third kappa shape index (κ3) is 3.99. The normalized spacial score (nSPS) is 16.2. The first kappa shape index (κ1) is 18.3. The number of nitrogens with one attached hydrogen (secondary N) is 1. The molecule has 1 heterocycles. The van der Waals surface area contributed by atoms with E-state index in [0.29, 0.717) is 25.3 Å². The second-order valence-corrected chi connectivity index (χ2v) is 6.35. The van der Waals surface area contributed by atoms with Crippen molar-refractivity contribution >= 4 is 11.6 Å². The number of hydrogen-bond donors (Lipinski definition) is 1. The molecule has 2 aromatic rings. The highest BCUT2D eigenvalue weighted by Crippen LogP contribution is 2.33. The zero-order valence-corrected chi connectivity index (χ0v) is 15.4. The van der Waals surface area contributed by atoms with Crippen LogP contribution in [0.5, 0.6) is 5.75 Å². The van der Waals surface area contributed by atoms with Crippen molar-refractivity contribution in [3.63, 3.8) is 0 Å². The Morgan fingerprint density at radius 1 is 1.08 bits per heavy atom. The third-order valence-electron chi connectivity index (χ3n) is 4.44. The molecule has 0 spiro atoms. The summed E-state index contributed by atoms with van der Waals surface area (Å²) in [5.41, 5.74) is 2.62. The van der Waals surface area contributed by atoms with Gasteiger partial charge in [-0.25, -0.2) is 0 Å². The molecule has 1 unspecified atom stereocenters. The first-order valence-electron chi connectivity index (χ1n) is 9.13. The summed E-state index contributed by atoms with van der Waals surface area (Å²) in [6, 6.07) is 15.6. The van der Waals surface area contributed by atoms with Crippen LogP contribution in [0.2, 0.25) is 0 Å². The van der Waals surface area contributed by atoms with Crippen molar-refractivity contribution in [3.05, 3.63) is 59.7 Å². The number of nitrogens with zero attached hydrogens (tertiary/aromatic N) is 1. The van der Waals surface area contributed by atoms with Crippen molar-refractivity contribution in [2.45, 2.75) is 25.9 Å². The predicted molar refractivity (Wildman–Crippen MR) is 103 cm³/mol. The second-order valence-electron chi connectivity index (χ2n) is 6.35. The average molecular weight is 354 g/mol. The first-order valence-corrected chi connectivity index (χ1v) is 9.13. The van der Waals surface area contributed by atoms with Gasteiger partial charge in [0.2, 0.25) is 0 Å². The van der Waals surface area contributed by atoms with Crippen molar-refractivity contribution < 1.29 is 14.3 Å². The molecule has 5 heteroatoms. The highest BCUT2D eigenvalue weighted by Gasteiger charge is 2.32. The SMILES string of the molecule is CCCOc1ccc(C2Nc3ccccc3C(=O)N2CCCOC)cc1. The van der Waals surface area contributed by atoms with E-state index in [1.165, 1.54) is 0 Å². The summed E-state index contributed by atoms with van der Waals surface area (Å²) in [4.78, 5) is 14.9. The van der Waals surface area contributed by atoms with Gasteiger partial charge in [-0.3, -0.25) is 4.79 Å². The lowest BCUT2D eigenvalue weighted by atomic mass is 10.0. The van der Waals surface area contributed by atoms with E-state index in [-0.39, 0.29) is 12.1 Å². The van der Waals surface area contributed by atoms with E-state index in [1.54, 1.807) is 7.11 Å². The maximum Gasteiger partial charge on any atom is 0.257 e. The summed E-state index contributed by atoms with van der Waals surface area (Å²) in [5, 5.41) is 3.51. The smallest absolute Gasteiger partial charge is 0.257 e. The lowest BCUT2D eigenvalue weighted by Crippen LogP contribution is -2.43. The van der Waals surface area contributed by atoms with E-state index in [9.17, 15) is 4.79 Å². The average Bonchev–Trinajstić information content (AvgIpc) is 2.68. The number of anilines is 1. The minimum Gasteiger partial charge on any atom is -0.494 e. The van der Waals surface area contributed by atoms with Crippen LogP contribution in [0.1, 0.15) is 41.9 Å². The molecule has 0 aromatic heterocycles. The Morgan fingerprint density at radius 2 is 1.85 bits per heavy atom. The fourth-order valence-electron chi connectivity index (χ4n) is 3.13. The molecule has 0 saturated heterocycles. The van der Waals surface area contributed by atoms with Crippen molar-refractivity contribution in [1.82, 2.24) is 4.90 Å². The number of benzene rings is 2. The Bertz CT molecular complexity index is 730. The predicted octanol–water partition coefficient (Wildman–Crippen LogP) is 4.08. The Morgan fingerprint density at radius 3 is 2.58 bits per heavy atom. The van der Waals surface area contributed by atoms with Gasteiger partial charge in [-0.05, 0) is 42.7 Å². The zero-order valence-electron chi connectivity index (χ0n) is 15.4. The molecule has 3 rings (SSSR count). The van der Waals surface area contributed by atoms with Crippen LogP contribution in [0, 0.1) is 0 Å². The Labute approximate surface area is 154 Å². The van der Waals surface area contributed by atoms with Crippen LogP contribution in [0.4, 0.5) is 5.69 Å². The number of hydrogen-bond acceptors (Lipinski definition) is 4. The lowest BCUT2D eigenvalue weighted by molar-refractivity contribution is 0.0660. The van der Waals surface area contributed by atoms with Crippen LogP contribution in [-0.2, 0) is 4.74 Å². The summed E-state index contributed by atoms with van der Waals surface area (Å²) in [7, 11) is 1.68. The molecule has 0 radical (unpaired) electrons. The summed E-state index contributed by atoms with van der Waals surface area (Å²) in [6.07, 6.45) is 1.57. The molecule has 0 fully saturated rings. The lowest BCUT2D eigenvalue weighted by Gasteiger charge is -2.38. The van der Waals surface area contributed by atoms with Gasteiger partial charge >= 0.3 is 0 Å². The van der Waals surface area contributed by atoms with Crippen LogP contribution >= 0.6 is 0 Å². The molecule has 1 aliphatic rings. The Hall–Kier alpha value is -2.53. The number of ether oxygens (including phenoxy) is 2. The molecule has 1 aliphatic heterocycles. The van der Waals surface area contributed by atoms with Gasteiger partial charge in [0, 0.05) is 25.9 Å². The van der Waals surface area contributed by atoms with Crippen LogP contribution in [-0.4, -0.2) is 37.7 Å². The minimum absolute atomic E-state index is 0.0479. The topological polar surface area (TPSA) is 50.8 Å². The maximum atomic E-state index is 13.0. The molecule has 0 bridgehead atoms. The van der Waals surface area contributed by atoms with Crippen molar-refractivity contribution in [3.8, 4) is 5.75 Å². The number of fused-ring (bicyclic) bond motifs is 1. The molecule has 2 aromatic carbocycles. The standard InChI is InChI=1S/C21H26N2O3/c1-3-14-26-17-11-9-16(10-12-17)20-22-19-8-5-4-7-18(19)21(24)23(20)13-6-15-25-2/h4-5,7-12,20,22H,3,6,13-15H2,1-2H3. The van der Waals surface area contributed by atoms with Crippen molar-refractivity contribution in [2.75, 3.05) is 32.2 Å². The van der Waals surface area contributed by atoms with Crippen LogP contribution in [0.15, 0.2) is 48.5 Å². The number of amides is 1. The van der Waals surface area contributed by atoms with Gasteiger partial charge in [-0.15, -0.1) is 0 Å². The van der Waals surface area contributed by atoms with E-state index in [4.69, 9.17) is 9.47 Å². The molecule has 138 valence electrons. The number of carbonyl (C=O) groups excluding carboxylic acids is 1. The molecule has 26 heavy (non-hydrogen) atoms. The van der Waals surface area contributed by atoms with Gasteiger partial charge in [0.25, 0.3) is 5.91 Å². The fourth-order valence-corrected chi connectivity index (χ4v) is 3.13. The molecular weight excluding hydrogens is 328 g/mol. The summed E-state index contributed by atoms with van der Waals surface area (Å²) < 4.78 is 10.8. The van der Waals surface area contributed by atoms with Gasteiger partial charge in [-0.1, -0.05) is 31.2 Å². The highest BCUT2D eigenvalue weighted by molar-refractivity contribution is 6.01. The third-order valence-corrected chi connectivity index (χ3v) is 4.44. The summed E-state index contributed by atoms with van der Waals surface area (Å²) in [6.45, 7) is 4.05. The number of para-hydroxylation sites is 1. The summed E-state index contributed by atoms with van der Waals surface area (Å²) >= 11 is 0. The van der Waals surface area contributed by atoms with Gasteiger partial charge in [0.05, 0.1) is 12.2 Å². The van der Waals surface area contributed by atoms with Crippen molar-refractivity contribution in [1.29, 1.82) is 0 Å². The van der Waals surface area contributed by atoms with Gasteiger partial charge in [0.15, 0.2) is 0 Å². The van der Waals surface area contributed by atoms with Crippen LogP contribution in [0.25, 0.3) is 0 Å². The quantitative estimate of drug-likeness (QED) is 0.726. The number of methoxy groups -OCH3 is 1. The molecule has 0 saturated carbocycles. The number of carbonyl (C=O) groups is 1. The van der Waals surface area contributed by atoms with Crippen LogP contribution < -0.4 is 10.1 Å². The van der Waals surface area contributed by atoms with Crippen LogP contribution in [0.3, 0.4) is 0 Å². The molecule has 1 N–H and O–H groups in total. The fraction of sp³-hybridized carbons (Fsp3) is 0.381. The minimum atomic E-state index is -0.200. The molecular formula is C21H26N2O3. The molecule has 1 amide bonds. The molecule has 1 atom stereocenters. The largest absolute Gasteiger partial charge is 0.494 e. The molecule has 0 aliphatic carbocycles. The summed E-state index contributed by atoms with van der Waals surface area (Å²) in [5.74, 6) is 0.899. The van der Waals surface area contributed by atoms with E-state index in [2.05, 4.69) is 12.2 Å². The van der Waals surface area contributed by atoms with E-state index in [0.717, 1.165) is 29.8 Å². The molecule has 5 nitrogen and oxygen atoms in total. The number of rotatable bonds is 8. The zero-order chi connectivity index (χ0) is 18.4. The Balaban J connectivity index is 1.85. The highest BCUT2D eigenvalue weighted by atomic mass is 16.5.